The molecule has 0 fully saturated rings. The number of fused-ring (bicyclic) bond motifs is 3. The van der Waals surface area contributed by atoms with Gasteiger partial charge in [-0.05, 0) is 34.7 Å². The third-order valence-corrected chi connectivity index (χ3v) is 5.38. The molecular weight excluding hydrogens is 393 g/mol. The van der Waals surface area contributed by atoms with Crippen molar-refractivity contribution in [3.63, 3.8) is 0 Å². The van der Waals surface area contributed by atoms with E-state index in [1.807, 2.05) is 24.3 Å². The lowest BCUT2D eigenvalue weighted by atomic mass is 9.98. The summed E-state index contributed by atoms with van der Waals surface area (Å²) in [6.45, 7) is 0.644. The maximum Gasteiger partial charge on any atom is 0.407 e. The van der Waals surface area contributed by atoms with E-state index in [2.05, 4.69) is 29.6 Å². The number of halogens is 1. The Kier molecular flexibility index (Phi) is 6.22. The van der Waals surface area contributed by atoms with Crippen LogP contribution in [0.15, 0.2) is 72.8 Å². The van der Waals surface area contributed by atoms with Crippen LogP contribution in [0.3, 0.4) is 0 Å². The Morgan fingerprint density at radius 2 is 1.68 bits per heavy atom. The van der Waals surface area contributed by atoms with E-state index >= 15 is 0 Å². The number of alkyl carbamates (subject to hydrolysis) is 1. The van der Waals surface area contributed by atoms with Crippen molar-refractivity contribution in [2.45, 2.75) is 12.3 Å². The Balaban J connectivity index is 1.27. The summed E-state index contributed by atoms with van der Waals surface area (Å²) in [4.78, 5) is 22.8. The molecule has 0 saturated heterocycles. The minimum Gasteiger partial charge on any atom is -0.449 e. The number of amides is 1. The lowest BCUT2D eigenvalue weighted by molar-refractivity contribution is 0.112. The first-order chi connectivity index (χ1) is 15.2. The average Bonchev–Trinajstić information content (AvgIpc) is 3.12. The molecule has 0 aliphatic heterocycles. The number of aldehydes is 1. The van der Waals surface area contributed by atoms with Gasteiger partial charge in [-0.3, -0.25) is 4.79 Å². The van der Waals surface area contributed by atoms with Crippen LogP contribution in [0.1, 0.15) is 39.4 Å². The number of hydrogen-bond acceptors (Lipinski definition) is 3. The van der Waals surface area contributed by atoms with Gasteiger partial charge in [-0.2, -0.15) is 0 Å². The Morgan fingerprint density at radius 3 is 2.32 bits per heavy atom. The molecule has 5 heteroatoms. The van der Waals surface area contributed by atoms with Crippen LogP contribution in [0.5, 0.6) is 0 Å². The summed E-state index contributed by atoms with van der Waals surface area (Å²) in [6, 6.07) is 20.7. The van der Waals surface area contributed by atoms with Crippen molar-refractivity contribution in [3.8, 4) is 11.1 Å². The molecule has 0 radical (unpaired) electrons. The van der Waals surface area contributed by atoms with Gasteiger partial charge in [-0.1, -0.05) is 72.8 Å². The van der Waals surface area contributed by atoms with Gasteiger partial charge in [0, 0.05) is 23.6 Å². The topological polar surface area (TPSA) is 55.4 Å². The van der Waals surface area contributed by atoms with E-state index in [0.717, 1.165) is 0 Å². The molecule has 0 atom stereocenters. The van der Waals surface area contributed by atoms with Gasteiger partial charge in [0.1, 0.15) is 18.7 Å². The Labute approximate surface area is 180 Å². The van der Waals surface area contributed by atoms with Crippen molar-refractivity contribution in [2.24, 2.45) is 0 Å². The molecule has 0 heterocycles. The minimum atomic E-state index is -0.475. The molecule has 4 nitrogen and oxygen atoms in total. The molecular formula is C26H22FNO3. The highest BCUT2D eigenvalue weighted by Crippen LogP contribution is 2.44. The van der Waals surface area contributed by atoms with Crippen LogP contribution in [-0.4, -0.2) is 25.5 Å². The molecule has 156 valence electrons. The molecule has 1 aliphatic rings. The smallest absolute Gasteiger partial charge is 0.407 e. The predicted octanol–water partition coefficient (Wildman–Crippen LogP) is 5.58. The molecule has 0 aromatic heterocycles. The maximum atomic E-state index is 13.8. The van der Waals surface area contributed by atoms with Gasteiger partial charge >= 0.3 is 6.09 Å². The highest BCUT2D eigenvalue weighted by Gasteiger charge is 2.28. The highest BCUT2D eigenvalue weighted by atomic mass is 19.1. The van der Waals surface area contributed by atoms with Crippen LogP contribution >= 0.6 is 0 Å². The van der Waals surface area contributed by atoms with Gasteiger partial charge in [0.15, 0.2) is 0 Å². The monoisotopic (exact) mass is 415 g/mol. The fourth-order valence-corrected chi connectivity index (χ4v) is 3.87. The first-order valence-electron chi connectivity index (χ1n) is 10.2. The van der Waals surface area contributed by atoms with E-state index in [4.69, 9.17) is 4.74 Å². The summed E-state index contributed by atoms with van der Waals surface area (Å²) >= 11 is 0. The first kappa shape index (κ1) is 20.5. The summed E-state index contributed by atoms with van der Waals surface area (Å²) in [5, 5.41) is 2.72. The van der Waals surface area contributed by atoms with Crippen molar-refractivity contribution in [1.29, 1.82) is 0 Å². The number of carbonyl (C=O) groups excluding carboxylic acids is 2. The van der Waals surface area contributed by atoms with Gasteiger partial charge in [0.2, 0.25) is 0 Å². The van der Waals surface area contributed by atoms with Crippen LogP contribution in [0.25, 0.3) is 17.2 Å². The molecule has 1 aliphatic carbocycles. The van der Waals surface area contributed by atoms with Crippen molar-refractivity contribution in [3.05, 3.63) is 101 Å². The number of ether oxygens (including phenoxy) is 1. The SMILES string of the molecule is O=Cc1ccc(C=CCCNC(=O)OCC2c3ccccc3-c3ccccc32)c(F)c1. The van der Waals surface area contributed by atoms with E-state index in [1.54, 1.807) is 24.3 Å². The van der Waals surface area contributed by atoms with E-state index in [1.165, 1.54) is 28.3 Å². The highest BCUT2D eigenvalue weighted by molar-refractivity contribution is 5.79. The first-order valence-corrected chi connectivity index (χ1v) is 10.2. The normalized spacial score (nSPS) is 12.4. The molecule has 3 aromatic rings. The van der Waals surface area contributed by atoms with Gasteiger partial charge in [0.05, 0.1) is 0 Å². The van der Waals surface area contributed by atoms with E-state index in [0.29, 0.717) is 30.4 Å². The second-order valence-electron chi connectivity index (χ2n) is 7.34. The summed E-state index contributed by atoms with van der Waals surface area (Å²) in [5.41, 5.74) is 5.40. The molecule has 4 rings (SSSR count). The fraction of sp³-hybridized carbons (Fsp3) is 0.154. The minimum absolute atomic E-state index is 0.0235. The van der Waals surface area contributed by atoms with Crippen molar-refractivity contribution < 1.29 is 18.7 Å². The zero-order valence-corrected chi connectivity index (χ0v) is 16.9. The Hall–Kier alpha value is -3.73. The summed E-state index contributed by atoms with van der Waals surface area (Å²) in [5.74, 6) is -0.430. The third-order valence-electron chi connectivity index (χ3n) is 5.38. The fourth-order valence-electron chi connectivity index (χ4n) is 3.87. The molecule has 1 amide bonds. The van der Waals surface area contributed by atoms with Crippen LogP contribution < -0.4 is 5.32 Å². The van der Waals surface area contributed by atoms with Gasteiger partial charge < -0.3 is 10.1 Å². The Morgan fingerprint density at radius 1 is 1.00 bits per heavy atom. The molecule has 0 spiro atoms. The lowest BCUT2D eigenvalue weighted by Gasteiger charge is -2.14. The number of nitrogens with one attached hydrogen (secondary N) is 1. The molecule has 1 N–H and O–H groups in total. The molecule has 31 heavy (non-hydrogen) atoms. The van der Waals surface area contributed by atoms with Crippen molar-refractivity contribution >= 4 is 18.5 Å². The van der Waals surface area contributed by atoms with Crippen LogP contribution in [0, 0.1) is 5.82 Å². The number of benzene rings is 3. The van der Waals surface area contributed by atoms with Crippen LogP contribution in [0.2, 0.25) is 0 Å². The predicted molar refractivity (Wildman–Crippen MR) is 119 cm³/mol. The summed E-state index contributed by atoms with van der Waals surface area (Å²) in [6.07, 6.45) is 4.05. The second kappa shape index (κ2) is 9.39. The van der Waals surface area contributed by atoms with E-state index in [-0.39, 0.29) is 12.5 Å². The molecule has 0 unspecified atom stereocenters. The largest absolute Gasteiger partial charge is 0.449 e. The summed E-state index contributed by atoms with van der Waals surface area (Å²) < 4.78 is 19.3. The van der Waals surface area contributed by atoms with E-state index in [9.17, 15) is 14.0 Å². The quantitative estimate of drug-likeness (QED) is 0.405. The zero-order chi connectivity index (χ0) is 21.6. The van der Waals surface area contributed by atoms with E-state index < -0.39 is 11.9 Å². The zero-order valence-electron chi connectivity index (χ0n) is 16.9. The maximum absolute atomic E-state index is 13.8. The van der Waals surface area contributed by atoms with Crippen LogP contribution in [0.4, 0.5) is 9.18 Å². The van der Waals surface area contributed by atoms with Crippen molar-refractivity contribution in [1.82, 2.24) is 5.32 Å². The Bertz CT molecular complexity index is 1090. The number of carbonyl (C=O) groups is 2. The van der Waals surface area contributed by atoms with Gasteiger partial charge in [0.25, 0.3) is 0 Å². The molecule has 3 aromatic carbocycles. The average molecular weight is 415 g/mol. The van der Waals surface area contributed by atoms with Gasteiger partial charge in [-0.15, -0.1) is 0 Å². The standard InChI is InChI=1S/C26H22FNO3/c27-25-15-18(16-29)12-13-19(25)7-5-6-14-28-26(30)31-17-24-22-10-3-1-8-20(22)21-9-2-4-11-23(21)24/h1-5,7-13,15-16,24H,6,14,17H2,(H,28,30). The van der Waals surface area contributed by atoms with Gasteiger partial charge in [-0.25, -0.2) is 9.18 Å². The lowest BCUT2D eigenvalue weighted by Crippen LogP contribution is -2.26. The number of rotatable bonds is 7. The van der Waals surface area contributed by atoms with Crippen LogP contribution in [-0.2, 0) is 4.74 Å². The second-order valence-corrected chi connectivity index (χ2v) is 7.34. The molecule has 0 bridgehead atoms. The third kappa shape index (κ3) is 4.56. The van der Waals surface area contributed by atoms with Crippen molar-refractivity contribution in [2.75, 3.05) is 13.2 Å². The molecule has 0 saturated carbocycles. The summed E-state index contributed by atoms with van der Waals surface area (Å²) in [7, 11) is 0. The number of hydrogen-bond donors (Lipinski definition) is 1.